The number of hydrogen-bond acceptors (Lipinski definition) is 8. The van der Waals surface area contributed by atoms with Gasteiger partial charge in [-0.2, -0.15) is 0 Å². The van der Waals surface area contributed by atoms with Gasteiger partial charge in [-0.3, -0.25) is 9.69 Å². The van der Waals surface area contributed by atoms with Gasteiger partial charge in [-0.15, -0.1) is 11.3 Å². The van der Waals surface area contributed by atoms with Gasteiger partial charge >= 0.3 is 6.16 Å². The summed E-state index contributed by atoms with van der Waals surface area (Å²) < 4.78 is 23.4. The van der Waals surface area contributed by atoms with Crippen molar-refractivity contribution in [2.45, 2.75) is 26.6 Å². The Morgan fingerprint density at radius 2 is 1.66 bits per heavy atom. The van der Waals surface area contributed by atoms with Crippen LogP contribution < -0.4 is 19.6 Å². The van der Waals surface area contributed by atoms with Crippen LogP contribution in [0.5, 0.6) is 17.2 Å². The molecule has 5 rings (SSSR count). The standard InChI is InChI=1S/C34H33ClN2O6S/c1-5-42-34(39)43-29-21-37(19-24-8-6-7-9-28(24)41-4)33-30(31(29)38)27(20-36(2)18-22-10-14-25(35)15-11-22)32(44-33)23-12-16-26(40-3)17-13-23/h6-17,21H,5,18-20H2,1-4H3. The van der Waals surface area contributed by atoms with Gasteiger partial charge < -0.3 is 23.5 Å². The van der Waals surface area contributed by atoms with Gasteiger partial charge in [-0.05, 0) is 73.1 Å². The predicted molar refractivity (Wildman–Crippen MR) is 174 cm³/mol. The molecule has 0 saturated heterocycles. The normalized spacial score (nSPS) is 11.1. The van der Waals surface area contributed by atoms with Gasteiger partial charge in [-0.1, -0.05) is 41.9 Å². The first kappa shape index (κ1) is 31.1. The first-order valence-electron chi connectivity index (χ1n) is 14.0. The van der Waals surface area contributed by atoms with Gasteiger partial charge in [0.2, 0.25) is 5.43 Å². The Labute approximate surface area is 264 Å². The van der Waals surface area contributed by atoms with Crippen LogP contribution in [-0.4, -0.2) is 43.5 Å². The second-order valence-electron chi connectivity index (χ2n) is 10.2. The van der Waals surface area contributed by atoms with Gasteiger partial charge in [0.05, 0.1) is 39.0 Å². The highest BCUT2D eigenvalue weighted by atomic mass is 35.5. The zero-order valence-electron chi connectivity index (χ0n) is 25.0. The molecule has 0 aliphatic rings. The summed E-state index contributed by atoms with van der Waals surface area (Å²) in [6.45, 7) is 3.26. The van der Waals surface area contributed by atoms with Crippen LogP contribution in [-0.2, 0) is 24.4 Å². The van der Waals surface area contributed by atoms with Crippen molar-refractivity contribution >= 4 is 39.3 Å². The van der Waals surface area contributed by atoms with Gasteiger partial charge in [0.25, 0.3) is 0 Å². The molecule has 2 aromatic heterocycles. The van der Waals surface area contributed by atoms with Gasteiger partial charge in [0.1, 0.15) is 16.3 Å². The summed E-state index contributed by atoms with van der Waals surface area (Å²) in [5, 5.41) is 1.16. The number of pyridine rings is 1. The number of rotatable bonds is 11. The van der Waals surface area contributed by atoms with Crippen LogP contribution in [0.15, 0.2) is 83.8 Å². The maximum absolute atomic E-state index is 14.1. The lowest BCUT2D eigenvalue weighted by Gasteiger charge is -2.18. The highest BCUT2D eigenvalue weighted by Crippen LogP contribution is 2.40. The molecular weight excluding hydrogens is 600 g/mol. The minimum atomic E-state index is -0.931. The van der Waals surface area contributed by atoms with Crippen LogP contribution in [0.4, 0.5) is 4.79 Å². The van der Waals surface area contributed by atoms with Gasteiger partial charge in [0, 0.05) is 28.6 Å². The molecule has 0 aliphatic heterocycles. The number of aromatic nitrogens is 1. The van der Waals surface area contributed by atoms with Crippen molar-refractivity contribution in [1.29, 1.82) is 0 Å². The molecule has 2 heterocycles. The van der Waals surface area contributed by atoms with E-state index in [0.29, 0.717) is 35.8 Å². The van der Waals surface area contributed by atoms with E-state index in [1.807, 2.05) is 84.4 Å². The van der Waals surface area contributed by atoms with Gasteiger partial charge in [-0.25, -0.2) is 4.79 Å². The Bertz CT molecular complexity index is 1820. The molecule has 8 nitrogen and oxygen atoms in total. The van der Waals surface area contributed by atoms with E-state index in [4.69, 9.17) is 30.5 Å². The number of para-hydroxylation sites is 1. The SMILES string of the molecule is CCOC(=O)Oc1cn(Cc2ccccc2OC)c2sc(-c3ccc(OC)cc3)c(CN(C)Cc3ccc(Cl)cc3)c2c1=O. The molecule has 0 N–H and O–H groups in total. The first-order valence-corrected chi connectivity index (χ1v) is 15.2. The maximum atomic E-state index is 14.1. The molecular formula is C34H33ClN2O6S. The van der Waals surface area contributed by atoms with E-state index in [1.54, 1.807) is 27.3 Å². The number of thiophene rings is 1. The number of methoxy groups -OCH3 is 2. The van der Waals surface area contributed by atoms with Crippen LogP contribution in [0.1, 0.15) is 23.6 Å². The van der Waals surface area contributed by atoms with Crippen molar-refractivity contribution in [3.63, 3.8) is 0 Å². The van der Waals surface area contributed by atoms with E-state index in [9.17, 15) is 9.59 Å². The molecule has 0 unspecified atom stereocenters. The van der Waals surface area contributed by atoms with Crippen molar-refractivity contribution in [2.24, 2.45) is 0 Å². The molecule has 228 valence electrons. The van der Waals surface area contributed by atoms with Crippen molar-refractivity contribution in [1.82, 2.24) is 9.47 Å². The number of fused-ring (bicyclic) bond motifs is 1. The van der Waals surface area contributed by atoms with Crippen LogP contribution in [0.25, 0.3) is 20.7 Å². The third-order valence-corrected chi connectivity index (χ3v) is 8.68. The zero-order chi connectivity index (χ0) is 31.2. The summed E-state index contributed by atoms with van der Waals surface area (Å²) >= 11 is 7.63. The lowest BCUT2D eigenvalue weighted by atomic mass is 10.0. The lowest BCUT2D eigenvalue weighted by molar-refractivity contribution is 0.104. The second kappa shape index (κ2) is 14.0. The number of benzene rings is 3. The molecule has 0 spiro atoms. The molecule has 0 bridgehead atoms. The summed E-state index contributed by atoms with van der Waals surface area (Å²) in [5.74, 6) is 1.34. The monoisotopic (exact) mass is 632 g/mol. The Balaban J connectivity index is 1.70. The Hall–Kier alpha value is -4.31. The van der Waals surface area contributed by atoms with Gasteiger partial charge in [0.15, 0.2) is 5.75 Å². The number of hydrogen-bond donors (Lipinski definition) is 0. The molecule has 0 radical (unpaired) electrons. The van der Waals surface area contributed by atoms with Crippen molar-refractivity contribution in [3.05, 3.63) is 111 Å². The van der Waals surface area contributed by atoms with Crippen LogP contribution in [0.3, 0.4) is 0 Å². The van der Waals surface area contributed by atoms with E-state index >= 15 is 0 Å². The number of nitrogens with zero attached hydrogens (tertiary/aromatic N) is 2. The maximum Gasteiger partial charge on any atom is 0.514 e. The number of carbonyl (C=O) groups excluding carboxylic acids is 1. The first-order chi connectivity index (χ1) is 21.3. The summed E-state index contributed by atoms with van der Waals surface area (Å²) in [6.07, 6.45) is 0.642. The summed E-state index contributed by atoms with van der Waals surface area (Å²) in [5.41, 5.74) is 3.39. The summed E-state index contributed by atoms with van der Waals surface area (Å²) in [6, 6.07) is 23.2. The molecule has 3 aromatic carbocycles. The minimum absolute atomic E-state index is 0.105. The van der Waals surface area contributed by atoms with E-state index in [2.05, 4.69) is 4.90 Å². The van der Waals surface area contributed by atoms with Crippen LogP contribution in [0, 0.1) is 0 Å². The average molecular weight is 633 g/mol. The summed E-state index contributed by atoms with van der Waals surface area (Å²) in [4.78, 5) is 30.4. The Kier molecular flexibility index (Phi) is 9.89. The number of carbonyl (C=O) groups is 1. The summed E-state index contributed by atoms with van der Waals surface area (Å²) in [7, 11) is 5.25. The van der Waals surface area contributed by atoms with Crippen molar-refractivity contribution in [2.75, 3.05) is 27.9 Å². The number of ether oxygens (including phenoxy) is 4. The fraction of sp³-hybridized carbons (Fsp3) is 0.235. The highest BCUT2D eigenvalue weighted by molar-refractivity contribution is 7.22. The van der Waals surface area contributed by atoms with Crippen molar-refractivity contribution < 1.29 is 23.7 Å². The molecule has 44 heavy (non-hydrogen) atoms. The molecule has 5 aromatic rings. The van der Waals surface area contributed by atoms with E-state index in [0.717, 1.165) is 37.7 Å². The van der Waals surface area contributed by atoms with Crippen LogP contribution >= 0.6 is 22.9 Å². The third-order valence-electron chi connectivity index (χ3n) is 7.11. The molecule has 0 atom stereocenters. The fourth-order valence-corrected chi connectivity index (χ4v) is 6.48. The average Bonchev–Trinajstić information content (AvgIpc) is 3.40. The quantitative estimate of drug-likeness (QED) is 0.139. The fourth-order valence-electron chi connectivity index (χ4n) is 5.07. The second-order valence-corrected chi connectivity index (χ2v) is 11.6. The van der Waals surface area contributed by atoms with Crippen LogP contribution in [0.2, 0.25) is 5.02 Å². The Morgan fingerprint density at radius 1 is 0.932 bits per heavy atom. The van der Waals surface area contributed by atoms with E-state index < -0.39 is 6.16 Å². The van der Waals surface area contributed by atoms with Crippen molar-refractivity contribution in [3.8, 4) is 27.7 Å². The van der Waals surface area contributed by atoms with E-state index in [1.165, 1.54) is 11.3 Å². The number of halogens is 1. The van der Waals surface area contributed by atoms with E-state index in [-0.39, 0.29) is 17.8 Å². The molecule has 0 aliphatic carbocycles. The molecule has 0 fully saturated rings. The zero-order valence-corrected chi connectivity index (χ0v) is 26.5. The minimum Gasteiger partial charge on any atom is -0.497 e. The molecule has 10 heteroatoms. The Morgan fingerprint density at radius 3 is 2.34 bits per heavy atom. The third kappa shape index (κ3) is 6.91. The largest absolute Gasteiger partial charge is 0.514 e. The molecule has 0 amide bonds. The lowest BCUT2D eigenvalue weighted by Crippen LogP contribution is -2.21. The predicted octanol–water partition coefficient (Wildman–Crippen LogP) is 7.62. The smallest absolute Gasteiger partial charge is 0.497 e. The molecule has 0 saturated carbocycles. The topological polar surface area (TPSA) is 79.2 Å². The highest BCUT2D eigenvalue weighted by Gasteiger charge is 2.24.